The molecule has 150 valence electrons. The van der Waals surface area contributed by atoms with Crippen molar-refractivity contribution in [2.75, 3.05) is 17.7 Å². The van der Waals surface area contributed by atoms with Crippen molar-refractivity contribution in [3.63, 3.8) is 0 Å². The van der Waals surface area contributed by atoms with Crippen LogP contribution in [-0.4, -0.2) is 39.4 Å². The van der Waals surface area contributed by atoms with E-state index in [1.165, 1.54) is 13.2 Å². The number of hydrogen-bond acceptors (Lipinski definition) is 6. The largest absolute Gasteiger partial charge is 0.457 e. The lowest BCUT2D eigenvalue weighted by Crippen LogP contribution is -2.19. The van der Waals surface area contributed by atoms with Gasteiger partial charge in [-0.1, -0.05) is 5.21 Å². The highest BCUT2D eigenvalue weighted by molar-refractivity contribution is 6.00. The average molecular weight is 403 g/mol. The summed E-state index contributed by atoms with van der Waals surface area (Å²) in [6.07, 6.45) is 1.50. The molecule has 0 fully saturated rings. The van der Waals surface area contributed by atoms with Crippen molar-refractivity contribution in [3.05, 3.63) is 66.5 Å². The predicted molar refractivity (Wildman–Crippen MR) is 111 cm³/mol. The minimum atomic E-state index is -0.393. The normalized spacial score (nSPS) is 10.4. The molecular formula is C20H17N7O3. The maximum absolute atomic E-state index is 12.2. The number of nitrogens with zero attached hydrogens (tertiary/aromatic N) is 3. The average Bonchev–Trinajstić information content (AvgIpc) is 3.22. The van der Waals surface area contributed by atoms with Crippen LogP contribution in [0.4, 0.5) is 16.2 Å². The van der Waals surface area contributed by atoms with Gasteiger partial charge < -0.3 is 20.7 Å². The van der Waals surface area contributed by atoms with Gasteiger partial charge in [-0.25, -0.2) is 4.79 Å². The molecule has 0 aliphatic heterocycles. The summed E-state index contributed by atoms with van der Waals surface area (Å²) in [4.78, 5) is 27.9. The summed E-state index contributed by atoms with van der Waals surface area (Å²) in [5.74, 6) is 0.727. The van der Waals surface area contributed by atoms with Gasteiger partial charge in [0, 0.05) is 30.7 Å². The summed E-state index contributed by atoms with van der Waals surface area (Å²) in [7, 11) is 1.53. The molecule has 0 aliphatic carbocycles. The Morgan fingerprint density at radius 1 is 0.933 bits per heavy atom. The van der Waals surface area contributed by atoms with Crippen LogP contribution < -0.4 is 20.7 Å². The second kappa shape index (κ2) is 8.27. The first-order valence-corrected chi connectivity index (χ1v) is 8.95. The van der Waals surface area contributed by atoms with Crippen molar-refractivity contribution in [1.29, 1.82) is 0 Å². The quantitative estimate of drug-likeness (QED) is 0.404. The van der Waals surface area contributed by atoms with Crippen molar-refractivity contribution >= 4 is 34.3 Å². The molecule has 0 spiro atoms. The molecule has 2 heterocycles. The van der Waals surface area contributed by atoms with Gasteiger partial charge in [0.25, 0.3) is 5.91 Å². The van der Waals surface area contributed by atoms with E-state index in [-0.39, 0.29) is 11.6 Å². The minimum absolute atomic E-state index is 0.258. The van der Waals surface area contributed by atoms with E-state index in [0.717, 1.165) is 5.52 Å². The summed E-state index contributed by atoms with van der Waals surface area (Å²) < 4.78 is 5.74. The summed E-state index contributed by atoms with van der Waals surface area (Å²) >= 11 is 0. The van der Waals surface area contributed by atoms with Gasteiger partial charge >= 0.3 is 6.03 Å². The molecule has 0 atom stereocenters. The van der Waals surface area contributed by atoms with Crippen LogP contribution in [0.25, 0.3) is 11.0 Å². The number of urea groups is 1. The van der Waals surface area contributed by atoms with E-state index in [4.69, 9.17) is 4.74 Å². The van der Waals surface area contributed by atoms with E-state index in [2.05, 4.69) is 36.3 Å². The number of pyridine rings is 1. The predicted octanol–water partition coefficient (Wildman–Crippen LogP) is 3.15. The molecule has 2 aromatic carbocycles. The van der Waals surface area contributed by atoms with E-state index in [0.29, 0.717) is 28.4 Å². The Morgan fingerprint density at radius 3 is 2.50 bits per heavy atom. The molecule has 4 rings (SSSR count). The van der Waals surface area contributed by atoms with Crippen LogP contribution in [0.3, 0.4) is 0 Å². The second-order valence-electron chi connectivity index (χ2n) is 6.21. The Hall–Kier alpha value is -4.47. The van der Waals surface area contributed by atoms with Crippen LogP contribution in [0, 0.1) is 0 Å². The van der Waals surface area contributed by atoms with E-state index in [1.807, 2.05) is 0 Å². The highest BCUT2D eigenvalue weighted by Crippen LogP contribution is 2.23. The highest BCUT2D eigenvalue weighted by atomic mass is 16.5. The third-order valence-corrected chi connectivity index (χ3v) is 4.12. The van der Waals surface area contributed by atoms with Gasteiger partial charge in [0.2, 0.25) is 0 Å². The Balaban J connectivity index is 1.37. The number of carbonyl (C=O) groups excluding carboxylic acids is 2. The standard InChI is InChI=1S/C20H17N7O3/c1-21-19(28)18-11-15(8-9-22-18)30-14-5-2-12(3-6-14)23-20(29)24-13-4-7-16-17(10-13)26-27-25-16/h2-11H,1H3,(H,21,28)(H2,23,24,29)(H,25,26,27). The number of anilines is 2. The molecule has 0 bridgehead atoms. The fourth-order valence-electron chi connectivity index (χ4n) is 2.68. The number of amides is 3. The summed E-state index contributed by atoms with van der Waals surface area (Å²) in [6, 6.07) is 14.9. The molecule has 30 heavy (non-hydrogen) atoms. The number of aromatic nitrogens is 4. The van der Waals surface area contributed by atoms with Gasteiger partial charge in [-0.05, 0) is 48.5 Å². The Morgan fingerprint density at radius 2 is 1.70 bits per heavy atom. The van der Waals surface area contributed by atoms with Gasteiger partial charge in [0.1, 0.15) is 22.7 Å². The Labute approximate surface area is 170 Å². The lowest BCUT2D eigenvalue weighted by Gasteiger charge is -2.10. The lowest BCUT2D eigenvalue weighted by molar-refractivity contribution is 0.0958. The molecule has 10 nitrogen and oxygen atoms in total. The third-order valence-electron chi connectivity index (χ3n) is 4.12. The molecule has 0 unspecified atom stereocenters. The zero-order chi connectivity index (χ0) is 20.9. The van der Waals surface area contributed by atoms with Gasteiger partial charge in [0.15, 0.2) is 0 Å². The summed E-state index contributed by atoms with van der Waals surface area (Å²) in [5, 5.41) is 18.4. The number of hydrogen-bond donors (Lipinski definition) is 4. The molecule has 3 amide bonds. The van der Waals surface area contributed by atoms with Crippen LogP contribution in [-0.2, 0) is 0 Å². The molecule has 0 saturated heterocycles. The zero-order valence-electron chi connectivity index (χ0n) is 15.8. The molecule has 0 radical (unpaired) electrons. The molecule has 4 N–H and O–H groups in total. The van der Waals surface area contributed by atoms with Gasteiger partial charge in [-0.15, -0.1) is 5.10 Å². The van der Waals surface area contributed by atoms with E-state index < -0.39 is 6.03 Å². The number of rotatable bonds is 5. The maximum atomic E-state index is 12.2. The number of fused-ring (bicyclic) bond motifs is 1. The second-order valence-corrected chi connectivity index (χ2v) is 6.21. The number of carbonyl (C=O) groups is 2. The van der Waals surface area contributed by atoms with Gasteiger partial charge in [-0.2, -0.15) is 0 Å². The Kier molecular flexibility index (Phi) is 5.20. The number of aromatic amines is 1. The fourth-order valence-corrected chi connectivity index (χ4v) is 2.68. The highest BCUT2D eigenvalue weighted by Gasteiger charge is 2.08. The smallest absolute Gasteiger partial charge is 0.323 e. The zero-order valence-corrected chi connectivity index (χ0v) is 15.8. The summed E-state index contributed by atoms with van der Waals surface area (Å²) in [6.45, 7) is 0. The van der Waals surface area contributed by atoms with E-state index in [1.54, 1.807) is 54.6 Å². The van der Waals surface area contributed by atoms with E-state index >= 15 is 0 Å². The van der Waals surface area contributed by atoms with Gasteiger partial charge in [0.05, 0.1) is 5.52 Å². The van der Waals surface area contributed by atoms with Crippen LogP contribution in [0.2, 0.25) is 0 Å². The van der Waals surface area contributed by atoms with Crippen molar-refractivity contribution in [2.24, 2.45) is 0 Å². The molecule has 10 heteroatoms. The summed E-state index contributed by atoms with van der Waals surface area (Å²) in [5.41, 5.74) is 2.88. The number of H-pyrrole nitrogens is 1. The number of benzene rings is 2. The van der Waals surface area contributed by atoms with Crippen molar-refractivity contribution in [1.82, 2.24) is 25.7 Å². The molecule has 0 aliphatic rings. The van der Waals surface area contributed by atoms with Crippen LogP contribution in [0.15, 0.2) is 60.8 Å². The van der Waals surface area contributed by atoms with Crippen LogP contribution in [0.5, 0.6) is 11.5 Å². The maximum Gasteiger partial charge on any atom is 0.323 e. The van der Waals surface area contributed by atoms with Crippen LogP contribution >= 0.6 is 0 Å². The lowest BCUT2D eigenvalue weighted by atomic mass is 10.2. The molecule has 2 aromatic heterocycles. The van der Waals surface area contributed by atoms with Crippen molar-refractivity contribution in [3.8, 4) is 11.5 Å². The fraction of sp³-hybridized carbons (Fsp3) is 0.0500. The molecule has 4 aromatic rings. The number of ether oxygens (including phenoxy) is 1. The van der Waals surface area contributed by atoms with Crippen molar-refractivity contribution in [2.45, 2.75) is 0 Å². The van der Waals surface area contributed by atoms with Crippen LogP contribution in [0.1, 0.15) is 10.5 Å². The molecule has 0 saturated carbocycles. The third kappa shape index (κ3) is 4.33. The monoisotopic (exact) mass is 403 g/mol. The topological polar surface area (TPSA) is 134 Å². The first kappa shape index (κ1) is 18.9. The first-order valence-electron chi connectivity index (χ1n) is 8.95. The Bertz CT molecular complexity index is 1200. The first-order chi connectivity index (χ1) is 14.6. The molecular weight excluding hydrogens is 386 g/mol. The van der Waals surface area contributed by atoms with Crippen molar-refractivity contribution < 1.29 is 14.3 Å². The van der Waals surface area contributed by atoms with E-state index in [9.17, 15) is 9.59 Å². The van der Waals surface area contributed by atoms with Gasteiger partial charge in [-0.3, -0.25) is 14.9 Å². The SMILES string of the molecule is CNC(=O)c1cc(Oc2ccc(NC(=O)Nc3ccc4[nH]nnc4c3)cc2)ccn1. The number of nitrogens with one attached hydrogen (secondary N) is 4. The minimum Gasteiger partial charge on any atom is -0.457 e.